The Hall–Kier alpha value is -2.54. The minimum absolute atomic E-state index is 0.262. The topological polar surface area (TPSA) is 51.3 Å². The van der Waals surface area contributed by atoms with Gasteiger partial charge in [-0.15, -0.1) is 0 Å². The number of nitrogens with one attached hydrogen (secondary N) is 1. The third kappa shape index (κ3) is 2.60. The number of quaternary nitrogens is 1. The number of piperazine rings is 1. The Bertz CT molecular complexity index is 836. The lowest BCUT2D eigenvalue weighted by molar-refractivity contribution is -0.898. The highest BCUT2D eigenvalue weighted by Crippen LogP contribution is 2.24. The van der Waals surface area contributed by atoms with Gasteiger partial charge in [0.15, 0.2) is 5.65 Å². The summed E-state index contributed by atoms with van der Waals surface area (Å²) in [6, 6.07) is 6.26. The average Bonchev–Trinajstić information content (AvgIpc) is 3.07. The van der Waals surface area contributed by atoms with Crippen molar-refractivity contribution in [2.24, 2.45) is 0 Å². The maximum absolute atomic E-state index is 13.1. The summed E-state index contributed by atoms with van der Waals surface area (Å²) in [5.74, 6) is 0.672. The molecule has 1 N–H and O–H groups in total. The van der Waals surface area contributed by atoms with E-state index in [0.717, 1.165) is 55.3 Å². The quantitative estimate of drug-likeness (QED) is 0.769. The summed E-state index contributed by atoms with van der Waals surface area (Å²) in [5.41, 5.74) is 1.54. The molecule has 6 nitrogen and oxygen atoms in total. The van der Waals surface area contributed by atoms with Gasteiger partial charge in [0.1, 0.15) is 18.0 Å². The second kappa shape index (κ2) is 6.16. The molecule has 0 amide bonds. The molecule has 1 saturated heterocycles. The largest absolute Gasteiger partial charge is 0.345 e. The first-order chi connectivity index (χ1) is 11.8. The van der Waals surface area contributed by atoms with Gasteiger partial charge in [-0.25, -0.2) is 19.0 Å². The lowest BCUT2D eigenvalue weighted by atomic mass is 10.2. The van der Waals surface area contributed by atoms with Gasteiger partial charge in [-0.05, 0) is 31.2 Å². The fraction of sp³-hybridized carbons (Fsp3) is 0.353. The van der Waals surface area contributed by atoms with Gasteiger partial charge in [-0.3, -0.25) is 0 Å². The number of benzene rings is 1. The maximum Gasteiger partial charge on any atom is 0.168 e. The van der Waals surface area contributed by atoms with Crippen molar-refractivity contribution in [3.05, 3.63) is 42.6 Å². The van der Waals surface area contributed by atoms with Crippen LogP contribution in [-0.4, -0.2) is 52.5 Å². The zero-order valence-corrected chi connectivity index (χ0v) is 13.6. The molecular weight excluding hydrogens is 307 g/mol. The number of halogens is 1. The monoisotopic (exact) mass is 327 g/mol. The third-order valence-electron chi connectivity index (χ3n) is 4.69. The van der Waals surface area contributed by atoms with Crippen LogP contribution in [0.5, 0.6) is 0 Å². The van der Waals surface area contributed by atoms with E-state index in [-0.39, 0.29) is 5.82 Å². The number of rotatable bonds is 3. The number of likely N-dealkylation sites (N-methyl/N-ethyl adjacent to an activating group) is 1. The van der Waals surface area contributed by atoms with Crippen LogP contribution in [0.3, 0.4) is 0 Å². The molecular formula is C17H20FN6+. The van der Waals surface area contributed by atoms with Gasteiger partial charge in [0.05, 0.1) is 50.0 Å². The molecule has 3 heterocycles. The first-order valence-electron chi connectivity index (χ1n) is 8.29. The predicted molar refractivity (Wildman–Crippen MR) is 90.1 cm³/mol. The number of anilines is 1. The molecule has 3 aromatic rings. The molecule has 0 atom stereocenters. The lowest BCUT2D eigenvalue weighted by Crippen LogP contribution is -3.14. The van der Waals surface area contributed by atoms with Gasteiger partial charge in [-0.1, -0.05) is 0 Å². The number of aromatic nitrogens is 4. The van der Waals surface area contributed by atoms with Crippen molar-refractivity contribution in [3.8, 4) is 5.69 Å². The SMILES string of the molecule is CC[NH+]1CCN(c2ncnc3c2cnn3-c2ccc(F)cc2)CC1. The smallest absolute Gasteiger partial charge is 0.168 e. The van der Waals surface area contributed by atoms with Crippen molar-refractivity contribution in [1.82, 2.24) is 19.7 Å². The Labute approximate surface area is 139 Å². The van der Waals surface area contributed by atoms with Crippen LogP contribution in [0.2, 0.25) is 0 Å². The fourth-order valence-corrected chi connectivity index (χ4v) is 3.24. The molecule has 1 aliphatic rings. The molecule has 24 heavy (non-hydrogen) atoms. The van der Waals surface area contributed by atoms with Crippen molar-refractivity contribution in [1.29, 1.82) is 0 Å². The van der Waals surface area contributed by atoms with Crippen LogP contribution in [0.15, 0.2) is 36.8 Å². The number of hydrogen-bond donors (Lipinski definition) is 1. The van der Waals surface area contributed by atoms with Crippen LogP contribution >= 0.6 is 0 Å². The highest BCUT2D eigenvalue weighted by atomic mass is 19.1. The maximum atomic E-state index is 13.1. The Morgan fingerprint density at radius 2 is 1.88 bits per heavy atom. The van der Waals surface area contributed by atoms with E-state index >= 15 is 0 Å². The Morgan fingerprint density at radius 1 is 1.12 bits per heavy atom. The van der Waals surface area contributed by atoms with E-state index < -0.39 is 0 Å². The second-order valence-electron chi connectivity index (χ2n) is 6.06. The summed E-state index contributed by atoms with van der Waals surface area (Å²) in [4.78, 5) is 12.8. The Balaban J connectivity index is 1.70. The van der Waals surface area contributed by atoms with Crippen LogP contribution in [0.25, 0.3) is 16.7 Å². The summed E-state index contributed by atoms with van der Waals surface area (Å²) >= 11 is 0. The first kappa shape index (κ1) is 15.0. The molecule has 1 aromatic carbocycles. The Kier molecular flexibility index (Phi) is 3.86. The number of nitrogens with zero attached hydrogens (tertiary/aromatic N) is 5. The zero-order valence-electron chi connectivity index (χ0n) is 13.6. The van der Waals surface area contributed by atoms with Gasteiger partial charge < -0.3 is 9.80 Å². The fourth-order valence-electron chi connectivity index (χ4n) is 3.24. The van der Waals surface area contributed by atoms with E-state index in [4.69, 9.17) is 0 Å². The molecule has 0 aliphatic carbocycles. The molecule has 0 spiro atoms. The highest BCUT2D eigenvalue weighted by Gasteiger charge is 2.22. The van der Waals surface area contributed by atoms with Crippen LogP contribution in [0, 0.1) is 5.82 Å². The molecule has 0 radical (unpaired) electrons. The van der Waals surface area contributed by atoms with Gasteiger partial charge in [0, 0.05) is 0 Å². The minimum atomic E-state index is -0.262. The first-order valence-corrected chi connectivity index (χ1v) is 8.29. The minimum Gasteiger partial charge on any atom is -0.345 e. The summed E-state index contributed by atoms with van der Waals surface area (Å²) in [7, 11) is 0. The molecule has 124 valence electrons. The predicted octanol–water partition coefficient (Wildman–Crippen LogP) is 0.679. The van der Waals surface area contributed by atoms with Crippen molar-refractivity contribution in [3.63, 3.8) is 0 Å². The number of hydrogen-bond acceptors (Lipinski definition) is 4. The van der Waals surface area contributed by atoms with Crippen LogP contribution < -0.4 is 9.80 Å². The molecule has 2 aromatic heterocycles. The van der Waals surface area contributed by atoms with Crippen molar-refractivity contribution in [2.45, 2.75) is 6.92 Å². The van der Waals surface area contributed by atoms with Crippen LogP contribution in [0.1, 0.15) is 6.92 Å². The van der Waals surface area contributed by atoms with E-state index in [2.05, 4.69) is 26.9 Å². The molecule has 0 unspecified atom stereocenters. The van der Waals surface area contributed by atoms with Crippen molar-refractivity contribution >= 4 is 16.9 Å². The van der Waals surface area contributed by atoms with Gasteiger partial charge in [0.2, 0.25) is 0 Å². The standard InChI is InChI=1S/C17H19FN6/c1-2-22-7-9-23(10-8-22)16-15-11-21-24(17(15)20-12-19-16)14-5-3-13(18)4-6-14/h3-6,11-12H,2,7-10H2,1H3/p+1. The van der Waals surface area contributed by atoms with Crippen LogP contribution in [-0.2, 0) is 0 Å². The zero-order chi connectivity index (χ0) is 16.5. The number of fused-ring (bicyclic) bond motifs is 1. The summed E-state index contributed by atoms with van der Waals surface area (Å²) in [6.07, 6.45) is 3.38. The van der Waals surface area contributed by atoms with Crippen molar-refractivity contribution < 1.29 is 9.29 Å². The Morgan fingerprint density at radius 3 is 2.58 bits per heavy atom. The molecule has 0 saturated carbocycles. The van der Waals surface area contributed by atoms with Gasteiger partial charge in [0.25, 0.3) is 0 Å². The average molecular weight is 327 g/mol. The highest BCUT2D eigenvalue weighted by molar-refractivity contribution is 5.87. The second-order valence-corrected chi connectivity index (χ2v) is 6.06. The van der Waals surface area contributed by atoms with E-state index in [9.17, 15) is 4.39 Å². The normalized spacial score (nSPS) is 16.0. The van der Waals surface area contributed by atoms with Crippen LogP contribution in [0.4, 0.5) is 10.2 Å². The molecule has 0 bridgehead atoms. The third-order valence-corrected chi connectivity index (χ3v) is 4.69. The van der Waals surface area contributed by atoms with Crippen molar-refractivity contribution in [2.75, 3.05) is 37.6 Å². The summed E-state index contributed by atoms with van der Waals surface area (Å²) in [5, 5.41) is 5.37. The molecule has 1 aliphatic heterocycles. The van der Waals surface area contributed by atoms with E-state index in [1.165, 1.54) is 12.1 Å². The van der Waals surface area contributed by atoms with E-state index in [1.54, 1.807) is 34.2 Å². The summed E-state index contributed by atoms with van der Waals surface area (Å²) in [6.45, 7) is 7.59. The van der Waals surface area contributed by atoms with Gasteiger partial charge >= 0.3 is 0 Å². The van der Waals surface area contributed by atoms with Gasteiger partial charge in [-0.2, -0.15) is 5.10 Å². The summed E-state index contributed by atoms with van der Waals surface area (Å²) < 4.78 is 14.9. The van der Waals surface area contributed by atoms with E-state index in [0.29, 0.717) is 0 Å². The lowest BCUT2D eigenvalue weighted by Gasteiger charge is -2.32. The molecule has 7 heteroatoms. The molecule has 4 rings (SSSR count). The van der Waals surface area contributed by atoms with E-state index in [1.807, 2.05) is 0 Å². The molecule has 1 fully saturated rings.